The lowest BCUT2D eigenvalue weighted by atomic mass is 10.2. The van der Waals surface area contributed by atoms with Gasteiger partial charge in [0.05, 0.1) is 0 Å². The fraction of sp³-hybridized carbons (Fsp3) is 0.182. The highest BCUT2D eigenvalue weighted by molar-refractivity contribution is 5.46. The molecule has 0 fully saturated rings. The van der Waals surface area contributed by atoms with Gasteiger partial charge in [-0.25, -0.2) is 0 Å². The molecule has 0 saturated heterocycles. The van der Waals surface area contributed by atoms with Crippen molar-refractivity contribution in [2.45, 2.75) is 13.5 Å². The summed E-state index contributed by atoms with van der Waals surface area (Å²) in [7, 11) is 0. The van der Waals surface area contributed by atoms with Gasteiger partial charge < -0.3 is 14.8 Å². The Kier molecular flexibility index (Phi) is 5.94. The van der Waals surface area contributed by atoms with E-state index in [9.17, 15) is 0 Å². The second-order valence-electron chi connectivity index (χ2n) is 5.84. The Balaban J connectivity index is 1.51. The molecular weight excluding hydrogens is 310 g/mol. The van der Waals surface area contributed by atoms with Crippen molar-refractivity contribution in [1.82, 2.24) is 0 Å². The first-order valence-corrected chi connectivity index (χ1v) is 8.50. The smallest absolute Gasteiger partial charge is 0.124 e. The molecule has 3 heteroatoms. The van der Waals surface area contributed by atoms with Crippen LogP contribution in [0.4, 0.5) is 5.69 Å². The molecule has 0 aliphatic rings. The van der Waals surface area contributed by atoms with E-state index in [1.54, 1.807) is 0 Å². The first-order valence-electron chi connectivity index (χ1n) is 8.50. The zero-order valence-electron chi connectivity index (χ0n) is 14.4. The molecule has 1 N–H and O–H groups in total. The molecule has 3 aromatic rings. The van der Waals surface area contributed by atoms with Crippen LogP contribution >= 0.6 is 0 Å². The van der Waals surface area contributed by atoms with Gasteiger partial charge in [-0.05, 0) is 37.3 Å². The van der Waals surface area contributed by atoms with E-state index in [2.05, 4.69) is 42.6 Å². The van der Waals surface area contributed by atoms with Crippen LogP contribution in [0.15, 0.2) is 78.9 Å². The quantitative estimate of drug-likeness (QED) is 0.584. The summed E-state index contributed by atoms with van der Waals surface area (Å²) in [5.74, 6) is 1.75. The largest absolute Gasteiger partial charge is 0.490 e. The number of para-hydroxylation sites is 2. The van der Waals surface area contributed by atoms with Crippen LogP contribution < -0.4 is 14.8 Å². The summed E-state index contributed by atoms with van der Waals surface area (Å²) in [5.41, 5.74) is 3.49. The van der Waals surface area contributed by atoms with E-state index in [0.717, 1.165) is 29.3 Å². The maximum atomic E-state index is 5.90. The van der Waals surface area contributed by atoms with Crippen LogP contribution in [0.1, 0.15) is 11.1 Å². The molecule has 3 nitrogen and oxygen atoms in total. The van der Waals surface area contributed by atoms with Crippen molar-refractivity contribution in [2.24, 2.45) is 0 Å². The first-order chi connectivity index (χ1) is 12.3. The van der Waals surface area contributed by atoms with Crippen molar-refractivity contribution in [1.29, 1.82) is 0 Å². The third-order valence-corrected chi connectivity index (χ3v) is 3.86. The van der Waals surface area contributed by atoms with Crippen LogP contribution in [-0.2, 0) is 6.54 Å². The molecular formula is C22H23NO2. The van der Waals surface area contributed by atoms with Gasteiger partial charge in [0, 0.05) is 17.8 Å². The normalized spacial score (nSPS) is 10.3. The summed E-state index contributed by atoms with van der Waals surface area (Å²) in [6, 6.07) is 26.3. The Morgan fingerprint density at radius 1 is 0.720 bits per heavy atom. The molecule has 0 aliphatic heterocycles. The minimum Gasteiger partial charge on any atom is -0.490 e. The van der Waals surface area contributed by atoms with Gasteiger partial charge in [0.15, 0.2) is 0 Å². The second kappa shape index (κ2) is 8.78. The molecule has 25 heavy (non-hydrogen) atoms. The van der Waals surface area contributed by atoms with Crippen LogP contribution in [0.25, 0.3) is 0 Å². The summed E-state index contributed by atoms with van der Waals surface area (Å²) in [6.45, 7) is 3.84. The number of hydrogen-bond donors (Lipinski definition) is 1. The van der Waals surface area contributed by atoms with Gasteiger partial charge in [0.1, 0.15) is 24.7 Å². The molecule has 0 aliphatic carbocycles. The summed E-state index contributed by atoms with van der Waals surface area (Å²) < 4.78 is 11.6. The fourth-order valence-corrected chi connectivity index (χ4v) is 2.49. The molecule has 0 atom stereocenters. The number of hydrogen-bond acceptors (Lipinski definition) is 3. The van der Waals surface area contributed by atoms with Gasteiger partial charge >= 0.3 is 0 Å². The lowest BCUT2D eigenvalue weighted by Crippen LogP contribution is -2.10. The third-order valence-electron chi connectivity index (χ3n) is 3.86. The average Bonchev–Trinajstić information content (AvgIpc) is 2.66. The highest BCUT2D eigenvalue weighted by Crippen LogP contribution is 2.20. The monoisotopic (exact) mass is 333 g/mol. The number of ether oxygens (including phenoxy) is 2. The Labute approximate surface area is 149 Å². The van der Waals surface area contributed by atoms with E-state index < -0.39 is 0 Å². The summed E-state index contributed by atoms with van der Waals surface area (Å²) in [4.78, 5) is 0. The molecule has 0 heterocycles. The van der Waals surface area contributed by atoms with E-state index in [1.807, 2.05) is 48.5 Å². The zero-order valence-corrected chi connectivity index (χ0v) is 14.4. The average molecular weight is 333 g/mol. The maximum Gasteiger partial charge on any atom is 0.124 e. The topological polar surface area (TPSA) is 30.5 Å². The van der Waals surface area contributed by atoms with Crippen molar-refractivity contribution in [2.75, 3.05) is 18.5 Å². The molecule has 3 rings (SSSR count). The number of nitrogens with one attached hydrogen (secondary N) is 1. The first kappa shape index (κ1) is 16.9. The van der Waals surface area contributed by atoms with Gasteiger partial charge in [0.2, 0.25) is 0 Å². The molecule has 128 valence electrons. The Bertz CT molecular complexity index is 770. The van der Waals surface area contributed by atoms with Gasteiger partial charge in [-0.3, -0.25) is 0 Å². The Morgan fingerprint density at radius 2 is 1.40 bits per heavy atom. The van der Waals surface area contributed by atoms with Crippen LogP contribution in [0, 0.1) is 6.92 Å². The van der Waals surface area contributed by atoms with Crippen molar-refractivity contribution < 1.29 is 9.47 Å². The number of aryl methyl sites for hydroxylation is 1. The van der Waals surface area contributed by atoms with E-state index in [4.69, 9.17) is 9.47 Å². The minimum atomic E-state index is 0.510. The molecule has 0 spiro atoms. The third kappa shape index (κ3) is 5.28. The Hall–Kier alpha value is -2.94. The minimum absolute atomic E-state index is 0.510. The zero-order chi connectivity index (χ0) is 17.3. The lowest BCUT2D eigenvalue weighted by Gasteiger charge is -2.13. The molecule has 0 saturated carbocycles. The summed E-state index contributed by atoms with van der Waals surface area (Å²) >= 11 is 0. The predicted molar refractivity (Wildman–Crippen MR) is 102 cm³/mol. The molecule has 3 aromatic carbocycles. The van der Waals surface area contributed by atoms with Crippen LogP contribution in [0.5, 0.6) is 11.5 Å². The van der Waals surface area contributed by atoms with E-state index in [1.165, 1.54) is 5.56 Å². The van der Waals surface area contributed by atoms with Crippen LogP contribution in [0.2, 0.25) is 0 Å². The molecule has 0 bridgehead atoms. The van der Waals surface area contributed by atoms with Gasteiger partial charge in [-0.15, -0.1) is 0 Å². The van der Waals surface area contributed by atoms with E-state index in [0.29, 0.717) is 13.2 Å². The second-order valence-corrected chi connectivity index (χ2v) is 5.84. The summed E-state index contributed by atoms with van der Waals surface area (Å²) in [6.07, 6.45) is 0. The number of rotatable bonds is 8. The van der Waals surface area contributed by atoms with Gasteiger partial charge in [0.25, 0.3) is 0 Å². The molecule has 0 radical (unpaired) electrons. The van der Waals surface area contributed by atoms with Crippen molar-refractivity contribution in [3.05, 3.63) is 90.0 Å². The standard InChI is InChI=1S/C22H23NO2/c1-18-11-13-20(14-12-18)23-17-19-7-5-6-10-22(19)25-16-15-24-21-8-3-2-4-9-21/h2-14,23H,15-17H2,1H3. The van der Waals surface area contributed by atoms with E-state index in [-0.39, 0.29) is 0 Å². The maximum absolute atomic E-state index is 5.90. The fourth-order valence-electron chi connectivity index (χ4n) is 2.49. The van der Waals surface area contributed by atoms with Crippen molar-refractivity contribution in [3.8, 4) is 11.5 Å². The van der Waals surface area contributed by atoms with Crippen molar-refractivity contribution >= 4 is 5.69 Å². The van der Waals surface area contributed by atoms with Crippen LogP contribution in [-0.4, -0.2) is 13.2 Å². The van der Waals surface area contributed by atoms with Gasteiger partial charge in [-0.1, -0.05) is 54.1 Å². The highest BCUT2D eigenvalue weighted by atomic mass is 16.5. The Morgan fingerprint density at radius 3 is 2.20 bits per heavy atom. The number of anilines is 1. The van der Waals surface area contributed by atoms with Crippen molar-refractivity contribution in [3.63, 3.8) is 0 Å². The summed E-state index contributed by atoms with van der Waals surface area (Å²) in [5, 5.41) is 3.43. The highest BCUT2D eigenvalue weighted by Gasteiger charge is 2.03. The lowest BCUT2D eigenvalue weighted by molar-refractivity contribution is 0.216. The van der Waals surface area contributed by atoms with Gasteiger partial charge in [-0.2, -0.15) is 0 Å². The molecule has 0 amide bonds. The SMILES string of the molecule is Cc1ccc(NCc2ccccc2OCCOc2ccccc2)cc1. The molecule has 0 unspecified atom stereocenters. The molecule has 0 aromatic heterocycles. The number of benzene rings is 3. The van der Waals surface area contributed by atoms with Crippen LogP contribution in [0.3, 0.4) is 0 Å². The van der Waals surface area contributed by atoms with E-state index >= 15 is 0 Å². The predicted octanol–water partition coefficient (Wildman–Crippen LogP) is 5.06.